The van der Waals surface area contributed by atoms with Gasteiger partial charge in [-0.1, -0.05) is 12.2 Å². The van der Waals surface area contributed by atoms with Crippen molar-refractivity contribution in [1.29, 1.82) is 0 Å². The summed E-state index contributed by atoms with van der Waals surface area (Å²) in [7, 11) is -5.09. The second-order valence-electron chi connectivity index (χ2n) is 6.12. The Bertz CT molecular complexity index is 365. The summed E-state index contributed by atoms with van der Waals surface area (Å²) in [5.41, 5.74) is 0. The van der Waals surface area contributed by atoms with Crippen LogP contribution in [-0.2, 0) is 26.6 Å². The molecular weight excluding hydrogens is 477 g/mol. The van der Waals surface area contributed by atoms with Crippen molar-refractivity contribution in [2.75, 3.05) is 51.1 Å². The number of thiocarbonyl (C=S) groups is 1. The van der Waals surface area contributed by atoms with Crippen LogP contribution in [-0.4, -0.2) is 72.3 Å². The van der Waals surface area contributed by atoms with E-state index < -0.39 is 17.6 Å². The molecule has 11 heteroatoms. The van der Waals surface area contributed by atoms with Gasteiger partial charge in [0.1, 0.15) is 3.53 Å². The maximum atomic E-state index is 5.90. The zero-order chi connectivity index (χ0) is 22.7. The first-order chi connectivity index (χ1) is 14.5. The lowest BCUT2D eigenvalue weighted by atomic mass is 10.6. The molecule has 0 N–H and O–H groups in total. The van der Waals surface area contributed by atoms with Gasteiger partial charge in [-0.25, -0.2) is 0 Å². The Morgan fingerprint density at radius 3 is 1.07 bits per heavy atom. The van der Waals surface area contributed by atoms with Crippen LogP contribution in [0, 0.1) is 0 Å². The van der Waals surface area contributed by atoms with Gasteiger partial charge in [0.05, 0.1) is 0 Å². The minimum atomic E-state index is -2.54. The second-order valence-corrected chi connectivity index (χ2v) is 15.0. The Morgan fingerprint density at radius 1 is 0.567 bits per heavy atom. The molecule has 0 fully saturated rings. The highest BCUT2D eigenvalue weighted by atomic mass is 32.2. The summed E-state index contributed by atoms with van der Waals surface area (Å²) in [5.74, 6) is 1.90. The van der Waals surface area contributed by atoms with Crippen molar-refractivity contribution in [1.82, 2.24) is 0 Å². The third-order valence-corrected chi connectivity index (χ3v) is 13.1. The van der Waals surface area contributed by atoms with Gasteiger partial charge in [-0.2, -0.15) is 0 Å². The molecule has 0 saturated carbocycles. The summed E-state index contributed by atoms with van der Waals surface area (Å²) in [6.45, 7) is 15.6. The zero-order valence-electron chi connectivity index (χ0n) is 19.7. The highest BCUT2D eigenvalue weighted by Gasteiger charge is 2.40. The van der Waals surface area contributed by atoms with Gasteiger partial charge < -0.3 is 26.6 Å². The van der Waals surface area contributed by atoms with E-state index in [9.17, 15) is 0 Å². The molecule has 0 unspecified atom stereocenters. The Labute approximate surface area is 200 Å². The first-order valence-electron chi connectivity index (χ1n) is 11.1. The van der Waals surface area contributed by atoms with Crippen LogP contribution in [0.15, 0.2) is 0 Å². The monoisotopic (exact) mass is 518 g/mol. The smallest absolute Gasteiger partial charge is 0.374 e. The van der Waals surface area contributed by atoms with Crippen LogP contribution in [0.2, 0.25) is 12.1 Å². The SMILES string of the molecule is CCO[Si](CCCSC(=S)SCCC[Si](OCC)(OCC)OCC)(OCC)OCC. The molecule has 0 bridgehead atoms. The Kier molecular flexibility index (Phi) is 20.1. The summed E-state index contributed by atoms with van der Waals surface area (Å²) < 4.78 is 36.4. The average molecular weight is 519 g/mol. The molecule has 0 aromatic carbocycles. The molecule has 0 aliphatic heterocycles. The van der Waals surface area contributed by atoms with Crippen LogP contribution in [0.25, 0.3) is 0 Å². The van der Waals surface area contributed by atoms with Crippen molar-refractivity contribution in [3.63, 3.8) is 0 Å². The first-order valence-corrected chi connectivity index (χ1v) is 17.3. The third-order valence-electron chi connectivity index (χ3n) is 3.88. The van der Waals surface area contributed by atoms with E-state index >= 15 is 0 Å². The van der Waals surface area contributed by atoms with E-state index in [1.807, 2.05) is 41.5 Å². The fourth-order valence-corrected chi connectivity index (χ4v) is 10.9. The lowest BCUT2D eigenvalue weighted by Crippen LogP contribution is -2.46. The number of hydrogen-bond acceptors (Lipinski definition) is 9. The van der Waals surface area contributed by atoms with E-state index in [0.717, 1.165) is 40.0 Å². The van der Waals surface area contributed by atoms with Gasteiger partial charge in [-0.05, 0) is 65.9 Å². The molecule has 6 nitrogen and oxygen atoms in total. The highest BCUT2D eigenvalue weighted by molar-refractivity contribution is 8.47. The Balaban J connectivity index is 4.27. The van der Waals surface area contributed by atoms with Crippen LogP contribution in [0.5, 0.6) is 0 Å². The summed E-state index contributed by atoms with van der Waals surface area (Å²) in [6.07, 6.45) is 1.93. The van der Waals surface area contributed by atoms with Gasteiger partial charge in [-0.15, -0.1) is 23.5 Å². The molecule has 0 aliphatic carbocycles. The van der Waals surface area contributed by atoms with Gasteiger partial charge >= 0.3 is 17.6 Å². The lowest BCUT2D eigenvalue weighted by molar-refractivity contribution is 0.0704. The Hall–Kier alpha value is 0.984. The molecule has 0 aromatic heterocycles. The first kappa shape index (κ1) is 31.0. The molecule has 0 spiro atoms. The quantitative estimate of drug-likeness (QED) is 0.116. The van der Waals surface area contributed by atoms with Crippen molar-refractivity contribution >= 4 is 56.9 Å². The number of thioether (sulfide) groups is 2. The van der Waals surface area contributed by atoms with Gasteiger partial charge in [-0.3, -0.25) is 0 Å². The van der Waals surface area contributed by atoms with E-state index in [4.69, 9.17) is 38.8 Å². The van der Waals surface area contributed by atoms with E-state index in [1.165, 1.54) is 0 Å². The van der Waals surface area contributed by atoms with Gasteiger partial charge in [0.2, 0.25) is 0 Å². The molecule has 0 rings (SSSR count). The molecule has 180 valence electrons. The topological polar surface area (TPSA) is 55.4 Å². The van der Waals surface area contributed by atoms with Gasteiger partial charge in [0.25, 0.3) is 0 Å². The maximum Gasteiger partial charge on any atom is 0.500 e. The summed E-state index contributed by atoms with van der Waals surface area (Å²) >= 11 is 8.99. The van der Waals surface area contributed by atoms with E-state index in [2.05, 4.69) is 0 Å². The molecule has 0 heterocycles. The van der Waals surface area contributed by atoms with Crippen LogP contribution >= 0.6 is 35.7 Å². The molecular formula is C19H42O6S3Si2. The summed E-state index contributed by atoms with van der Waals surface area (Å²) in [6, 6.07) is 1.65. The third kappa shape index (κ3) is 13.5. The van der Waals surface area contributed by atoms with Gasteiger partial charge in [0, 0.05) is 51.7 Å². The number of rotatable bonds is 20. The molecule has 0 amide bonds. The molecule has 0 saturated heterocycles. The van der Waals surface area contributed by atoms with Crippen LogP contribution in [0.3, 0.4) is 0 Å². The highest BCUT2D eigenvalue weighted by Crippen LogP contribution is 2.25. The second kappa shape index (κ2) is 19.5. The van der Waals surface area contributed by atoms with E-state index in [-0.39, 0.29) is 0 Å². The summed E-state index contributed by atoms with van der Waals surface area (Å²) in [5, 5.41) is 0. The van der Waals surface area contributed by atoms with Crippen molar-refractivity contribution in [2.24, 2.45) is 0 Å². The predicted molar refractivity (Wildman–Crippen MR) is 138 cm³/mol. The zero-order valence-corrected chi connectivity index (χ0v) is 24.1. The molecule has 0 aromatic rings. The number of hydrogen-bond donors (Lipinski definition) is 0. The van der Waals surface area contributed by atoms with E-state index in [1.54, 1.807) is 23.5 Å². The normalized spacial score (nSPS) is 12.5. The minimum absolute atomic E-state index is 0.615. The molecule has 0 radical (unpaired) electrons. The fraction of sp³-hybridized carbons (Fsp3) is 0.947. The summed E-state index contributed by atoms with van der Waals surface area (Å²) in [4.78, 5) is 0. The van der Waals surface area contributed by atoms with Crippen molar-refractivity contribution in [2.45, 2.75) is 66.5 Å². The Morgan fingerprint density at radius 2 is 0.833 bits per heavy atom. The predicted octanol–water partition coefficient (Wildman–Crippen LogP) is 5.61. The fourth-order valence-electron chi connectivity index (χ4n) is 2.93. The van der Waals surface area contributed by atoms with E-state index in [0.29, 0.717) is 39.6 Å². The van der Waals surface area contributed by atoms with Crippen LogP contribution < -0.4 is 0 Å². The standard InChI is InChI=1S/C19H42O6S3Si2/c1-7-20-29(21-8-2,22-9-3)17-13-15-27-19(26)28-16-14-18-30(23-10-4,24-11-5)25-12-6/h7-18H2,1-6H3. The average Bonchev–Trinajstić information content (AvgIpc) is 2.70. The minimum Gasteiger partial charge on any atom is -0.374 e. The lowest BCUT2D eigenvalue weighted by Gasteiger charge is -2.28. The maximum absolute atomic E-state index is 5.90. The van der Waals surface area contributed by atoms with Crippen LogP contribution in [0.4, 0.5) is 0 Å². The molecule has 0 aliphatic rings. The van der Waals surface area contributed by atoms with Gasteiger partial charge in [0.15, 0.2) is 0 Å². The molecule has 0 atom stereocenters. The van der Waals surface area contributed by atoms with Crippen molar-refractivity contribution < 1.29 is 26.6 Å². The van der Waals surface area contributed by atoms with Crippen LogP contribution in [0.1, 0.15) is 54.4 Å². The molecule has 30 heavy (non-hydrogen) atoms. The van der Waals surface area contributed by atoms with Crippen molar-refractivity contribution in [3.8, 4) is 0 Å². The largest absolute Gasteiger partial charge is 0.500 e. The van der Waals surface area contributed by atoms with Crippen molar-refractivity contribution in [3.05, 3.63) is 0 Å².